The minimum atomic E-state index is -0.0348. The molecule has 22 heavy (non-hydrogen) atoms. The lowest BCUT2D eigenvalue weighted by atomic mass is 9.95. The lowest BCUT2D eigenvalue weighted by Gasteiger charge is -2.36. The van der Waals surface area contributed by atoms with Gasteiger partial charge in [0.05, 0.1) is 6.54 Å². The molecule has 1 aromatic rings. The van der Waals surface area contributed by atoms with Crippen LogP contribution in [0.1, 0.15) is 44.6 Å². The highest BCUT2D eigenvalue weighted by Crippen LogP contribution is 2.20. The highest BCUT2D eigenvalue weighted by atomic mass is 16.2. The van der Waals surface area contributed by atoms with Gasteiger partial charge in [-0.2, -0.15) is 0 Å². The smallest absolute Gasteiger partial charge is 0.242 e. The molecule has 1 aliphatic rings. The molecule has 4 heteroatoms. The standard InChI is InChI=1S/C18H26N2O2/c1-2-8-17(21)19-14-18(22)20-12-7-6-11-16(20)13-15-9-4-3-5-10-15/h3-5,9-10,16H,2,6-8,11-14H2,1H3,(H,19,21)/t16-/m1/s1. The van der Waals surface area contributed by atoms with E-state index in [0.29, 0.717) is 6.42 Å². The van der Waals surface area contributed by atoms with Crippen molar-refractivity contribution in [2.75, 3.05) is 13.1 Å². The number of rotatable bonds is 6. The van der Waals surface area contributed by atoms with Crippen molar-refractivity contribution in [1.29, 1.82) is 0 Å². The van der Waals surface area contributed by atoms with Gasteiger partial charge in [0.15, 0.2) is 0 Å². The number of nitrogens with zero attached hydrogens (tertiary/aromatic N) is 1. The summed E-state index contributed by atoms with van der Waals surface area (Å²) in [6, 6.07) is 10.6. The Balaban J connectivity index is 1.91. The number of benzene rings is 1. The first-order chi connectivity index (χ1) is 10.7. The predicted molar refractivity (Wildman–Crippen MR) is 87.4 cm³/mol. The lowest BCUT2D eigenvalue weighted by Crippen LogP contribution is -2.48. The third kappa shape index (κ3) is 4.86. The minimum absolute atomic E-state index is 0.0348. The zero-order chi connectivity index (χ0) is 15.8. The number of hydrogen-bond acceptors (Lipinski definition) is 2. The van der Waals surface area contributed by atoms with Gasteiger partial charge in [0.1, 0.15) is 0 Å². The van der Waals surface area contributed by atoms with Crippen LogP contribution in [-0.2, 0) is 16.0 Å². The van der Waals surface area contributed by atoms with Gasteiger partial charge in [0, 0.05) is 19.0 Å². The Morgan fingerprint density at radius 1 is 1.23 bits per heavy atom. The van der Waals surface area contributed by atoms with E-state index in [1.165, 1.54) is 12.0 Å². The molecule has 0 bridgehead atoms. The molecule has 1 heterocycles. The van der Waals surface area contributed by atoms with E-state index in [4.69, 9.17) is 0 Å². The Morgan fingerprint density at radius 3 is 2.73 bits per heavy atom. The molecule has 2 rings (SSSR count). The van der Waals surface area contributed by atoms with Crippen molar-refractivity contribution in [3.05, 3.63) is 35.9 Å². The molecular formula is C18H26N2O2. The quantitative estimate of drug-likeness (QED) is 0.878. The second-order valence-electron chi connectivity index (χ2n) is 5.95. The third-order valence-corrected chi connectivity index (χ3v) is 4.18. The number of carbonyl (C=O) groups excluding carboxylic acids is 2. The maximum absolute atomic E-state index is 12.4. The van der Waals surface area contributed by atoms with Crippen LogP contribution in [0.5, 0.6) is 0 Å². The third-order valence-electron chi connectivity index (χ3n) is 4.18. The first kappa shape index (κ1) is 16.5. The molecule has 0 saturated carbocycles. The number of likely N-dealkylation sites (tertiary alicyclic amines) is 1. The highest BCUT2D eigenvalue weighted by molar-refractivity contribution is 5.84. The van der Waals surface area contributed by atoms with Gasteiger partial charge in [-0.1, -0.05) is 37.3 Å². The molecule has 1 saturated heterocycles. The normalized spacial score (nSPS) is 18.0. The Labute approximate surface area is 132 Å². The summed E-state index contributed by atoms with van der Waals surface area (Å²) < 4.78 is 0. The second kappa shape index (κ2) is 8.57. The van der Waals surface area contributed by atoms with Gasteiger partial charge in [-0.3, -0.25) is 9.59 Å². The number of amides is 2. The first-order valence-corrected chi connectivity index (χ1v) is 8.30. The largest absolute Gasteiger partial charge is 0.347 e. The molecule has 0 spiro atoms. The van der Waals surface area contributed by atoms with E-state index in [2.05, 4.69) is 17.4 Å². The fourth-order valence-electron chi connectivity index (χ4n) is 3.02. The van der Waals surface area contributed by atoms with E-state index in [9.17, 15) is 9.59 Å². The highest BCUT2D eigenvalue weighted by Gasteiger charge is 2.26. The molecule has 0 aliphatic carbocycles. The average molecular weight is 302 g/mol. The van der Waals surface area contributed by atoms with Crippen LogP contribution in [0.3, 0.4) is 0 Å². The van der Waals surface area contributed by atoms with Gasteiger partial charge in [-0.25, -0.2) is 0 Å². The predicted octanol–water partition coefficient (Wildman–Crippen LogP) is 2.53. The Bertz CT molecular complexity index is 487. The molecule has 1 N–H and O–H groups in total. The van der Waals surface area contributed by atoms with Gasteiger partial charge in [-0.15, -0.1) is 0 Å². The van der Waals surface area contributed by atoms with E-state index >= 15 is 0 Å². The van der Waals surface area contributed by atoms with Crippen molar-refractivity contribution in [3.8, 4) is 0 Å². The van der Waals surface area contributed by atoms with Crippen LogP contribution in [0.15, 0.2) is 30.3 Å². The Morgan fingerprint density at radius 2 is 2.00 bits per heavy atom. The molecule has 4 nitrogen and oxygen atoms in total. The van der Waals surface area contributed by atoms with Crippen LogP contribution in [0.25, 0.3) is 0 Å². The van der Waals surface area contributed by atoms with E-state index in [1.807, 2.05) is 30.0 Å². The van der Waals surface area contributed by atoms with Crippen LogP contribution in [0, 0.1) is 0 Å². The van der Waals surface area contributed by atoms with Crippen LogP contribution >= 0.6 is 0 Å². The summed E-state index contributed by atoms with van der Waals surface area (Å²) in [4.78, 5) is 25.9. The second-order valence-corrected chi connectivity index (χ2v) is 5.95. The van der Waals surface area contributed by atoms with Gasteiger partial charge >= 0.3 is 0 Å². The molecule has 1 aliphatic heterocycles. The first-order valence-electron chi connectivity index (χ1n) is 8.30. The van der Waals surface area contributed by atoms with Crippen LogP contribution < -0.4 is 5.32 Å². The average Bonchev–Trinajstić information content (AvgIpc) is 2.54. The van der Waals surface area contributed by atoms with E-state index in [0.717, 1.165) is 32.2 Å². The Kier molecular flexibility index (Phi) is 6.44. The van der Waals surface area contributed by atoms with Gasteiger partial charge in [0.25, 0.3) is 0 Å². The van der Waals surface area contributed by atoms with Gasteiger partial charge in [-0.05, 0) is 37.7 Å². The topological polar surface area (TPSA) is 49.4 Å². The van der Waals surface area contributed by atoms with Crippen molar-refractivity contribution in [3.63, 3.8) is 0 Å². The molecule has 1 atom stereocenters. The molecule has 1 aromatic carbocycles. The number of carbonyl (C=O) groups is 2. The molecule has 0 aromatic heterocycles. The van der Waals surface area contributed by atoms with E-state index < -0.39 is 0 Å². The monoisotopic (exact) mass is 302 g/mol. The molecule has 0 radical (unpaired) electrons. The van der Waals surface area contributed by atoms with Gasteiger partial charge in [0.2, 0.25) is 11.8 Å². The lowest BCUT2D eigenvalue weighted by molar-refractivity contribution is -0.136. The number of hydrogen-bond donors (Lipinski definition) is 1. The summed E-state index contributed by atoms with van der Waals surface area (Å²) in [6.07, 6.45) is 5.46. The summed E-state index contributed by atoms with van der Waals surface area (Å²) >= 11 is 0. The number of nitrogens with one attached hydrogen (secondary N) is 1. The van der Waals surface area contributed by atoms with E-state index in [1.54, 1.807) is 0 Å². The maximum Gasteiger partial charge on any atom is 0.242 e. The zero-order valence-corrected chi connectivity index (χ0v) is 13.4. The van der Waals surface area contributed by atoms with Crippen molar-refractivity contribution in [2.45, 2.75) is 51.5 Å². The van der Waals surface area contributed by atoms with Gasteiger partial charge < -0.3 is 10.2 Å². The molecule has 0 unspecified atom stereocenters. The molecule has 2 amide bonds. The van der Waals surface area contributed by atoms with Crippen LogP contribution in [-0.4, -0.2) is 35.8 Å². The maximum atomic E-state index is 12.4. The van der Waals surface area contributed by atoms with Crippen molar-refractivity contribution < 1.29 is 9.59 Å². The SMILES string of the molecule is CCCC(=O)NCC(=O)N1CCCC[C@@H]1Cc1ccccc1. The zero-order valence-electron chi connectivity index (χ0n) is 13.4. The summed E-state index contributed by atoms with van der Waals surface area (Å²) in [6.45, 7) is 2.89. The van der Waals surface area contributed by atoms with E-state index in [-0.39, 0.29) is 24.4 Å². The fourth-order valence-corrected chi connectivity index (χ4v) is 3.02. The van der Waals surface area contributed by atoms with Crippen LogP contribution in [0.4, 0.5) is 0 Å². The summed E-state index contributed by atoms with van der Waals surface area (Å²) in [7, 11) is 0. The van der Waals surface area contributed by atoms with Crippen molar-refractivity contribution in [1.82, 2.24) is 10.2 Å². The molecule has 1 fully saturated rings. The summed E-state index contributed by atoms with van der Waals surface area (Å²) in [5, 5.41) is 2.73. The summed E-state index contributed by atoms with van der Waals surface area (Å²) in [5.74, 6) is 0.0116. The fraction of sp³-hybridized carbons (Fsp3) is 0.556. The van der Waals surface area contributed by atoms with Crippen LogP contribution in [0.2, 0.25) is 0 Å². The van der Waals surface area contributed by atoms with Crippen molar-refractivity contribution >= 4 is 11.8 Å². The minimum Gasteiger partial charge on any atom is -0.347 e. The van der Waals surface area contributed by atoms with Crippen molar-refractivity contribution in [2.24, 2.45) is 0 Å². The Hall–Kier alpha value is -1.84. The molecular weight excluding hydrogens is 276 g/mol. The summed E-state index contributed by atoms with van der Waals surface area (Å²) in [5.41, 5.74) is 1.27. The molecule has 120 valence electrons. The number of piperidine rings is 1.